The summed E-state index contributed by atoms with van der Waals surface area (Å²) in [5, 5.41) is 12.6. The van der Waals surface area contributed by atoms with E-state index in [0.717, 1.165) is 6.42 Å². The van der Waals surface area contributed by atoms with Gasteiger partial charge >= 0.3 is 5.97 Å². The standard InChI is InChI=1S/C15H29NO3/c1-8-13(2,3)12(17)19-11-9-14(4,5)16(18)15(6,7)10-11/h11,16H,8-10H2,1-7H3. The van der Waals surface area contributed by atoms with Gasteiger partial charge in [-0.25, -0.2) is 0 Å². The number of quaternary nitrogens is 1. The van der Waals surface area contributed by atoms with Crippen LogP contribution in [0.5, 0.6) is 0 Å². The molecule has 0 unspecified atom stereocenters. The van der Waals surface area contributed by atoms with Gasteiger partial charge in [0.1, 0.15) is 6.10 Å². The van der Waals surface area contributed by atoms with Crippen molar-refractivity contribution in [2.75, 3.05) is 0 Å². The molecule has 0 radical (unpaired) electrons. The number of hydroxylamine groups is 2. The maximum absolute atomic E-state index is 12.3. The molecule has 1 aliphatic heterocycles. The fraction of sp³-hybridized carbons (Fsp3) is 0.933. The zero-order valence-corrected chi connectivity index (χ0v) is 13.4. The fourth-order valence-electron chi connectivity index (χ4n) is 2.85. The highest BCUT2D eigenvalue weighted by Gasteiger charge is 2.47. The third-order valence-electron chi connectivity index (χ3n) is 4.42. The van der Waals surface area contributed by atoms with Crippen LogP contribution >= 0.6 is 0 Å². The minimum absolute atomic E-state index is 0.152. The molecule has 1 rings (SSSR count). The zero-order valence-electron chi connectivity index (χ0n) is 13.4. The summed E-state index contributed by atoms with van der Waals surface area (Å²) in [6.07, 6.45) is 1.85. The molecule has 1 aliphatic rings. The zero-order chi connectivity index (χ0) is 15.1. The molecule has 0 atom stereocenters. The van der Waals surface area contributed by atoms with Crippen molar-refractivity contribution in [3.63, 3.8) is 0 Å². The summed E-state index contributed by atoms with van der Waals surface area (Å²) in [7, 11) is 0. The van der Waals surface area contributed by atoms with Crippen molar-refractivity contribution >= 4 is 5.97 Å². The minimum atomic E-state index is -0.449. The molecule has 0 amide bonds. The Hall–Kier alpha value is -0.610. The summed E-state index contributed by atoms with van der Waals surface area (Å²) >= 11 is 0. The number of hydrogen-bond acceptors (Lipinski definition) is 3. The Morgan fingerprint density at radius 3 is 2.05 bits per heavy atom. The number of rotatable bonds is 3. The number of hydrogen-bond donors (Lipinski definition) is 1. The van der Waals surface area contributed by atoms with E-state index in [2.05, 4.69) is 0 Å². The Kier molecular flexibility index (Phi) is 4.38. The number of carbonyl (C=O) groups excluding carboxylic acids is 1. The first kappa shape index (κ1) is 16.4. The van der Waals surface area contributed by atoms with Gasteiger partial charge in [0.15, 0.2) is 0 Å². The summed E-state index contributed by atoms with van der Waals surface area (Å²) in [5.74, 6) is -0.152. The number of nitrogens with one attached hydrogen (secondary N) is 1. The van der Waals surface area contributed by atoms with Crippen LogP contribution < -0.4 is 5.06 Å². The molecular formula is C15H29NO3. The smallest absolute Gasteiger partial charge is 0.311 e. The van der Waals surface area contributed by atoms with Crippen LogP contribution in [0.1, 0.15) is 67.7 Å². The van der Waals surface area contributed by atoms with Gasteiger partial charge < -0.3 is 15.0 Å². The van der Waals surface area contributed by atoms with Gasteiger partial charge in [-0.1, -0.05) is 6.92 Å². The predicted molar refractivity (Wildman–Crippen MR) is 75.7 cm³/mol. The van der Waals surface area contributed by atoms with Crippen molar-refractivity contribution < 1.29 is 14.6 Å². The first-order valence-electron chi connectivity index (χ1n) is 7.18. The second-order valence-electron chi connectivity index (χ2n) is 7.77. The van der Waals surface area contributed by atoms with E-state index in [1.54, 1.807) is 0 Å². The van der Waals surface area contributed by atoms with E-state index in [9.17, 15) is 10.0 Å². The van der Waals surface area contributed by atoms with Gasteiger partial charge in [-0.15, -0.1) is 0 Å². The Bertz CT molecular complexity index is 329. The Morgan fingerprint density at radius 1 is 1.26 bits per heavy atom. The number of carbonyl (C=O) groups is 1. The lowest BCUT2D eigenvalue weighted by Gasteiger charge is -2.54. The SMILES string of the molecule is CCC(C)(C)C(=O)OC1CC(C)(C)[NH+]([O-])C(C)(C)C1. The van der Waals surface area contributed by atoms with Crippen molar-refractivity contribution in [2.45, 2.75) is 84.9 Å². The molecule has 1 saturated heterocycles. The van der Waals surface area contributed by atoms with E-state index in [0.29, 0.717) is 12.8 Å². The Labute approximate surface area is 117 Å². The predicted octanol–water partition coefficient (Wildman–Crippen LogP) is 2.07. The van der Waals surface area contributed by atoms with Crippen molar-refractivity contribution in [1.29, 1.82) is 0 Å². The van der Waals surface area contributed by atoms with Crippen LogP contribution in [0, 0.1) is 10.6 Å². The second-order valence-corrected chi connectivity index (χ2v) is 7.77. The second kappa shape index (κ2) is 5.06. The van der Waals surface area contributed by atoms with Gasteiger partial charge in [0.2, 0.25) is 0 Å². The van der Waals surface area contributed by atoms with Crippen LogP contribution in [0.25, 0.3) is 0 Å². The third kappa shape index (κ3) is 3.48. The maximum Gasteiger partial charge on any atom is 0.311 e. The van der Waals surface area contributed by atoms with Crippen molar-refractivity contribution in [1.82, 2.24) is 0 Å². The normalized spacial score (nSPS) is 29.9. The van der Waals surface area contributed by atoms with Crippen molar-refractivity contribution in [3.05, 3.63) is 5.21 Å². The lowest BCUT2D eigenvalue weighted by Crippen LogP contribution is -3.23. The monoisotopic (exact) mass is 271 g/mol. The largest absolute Gasteiger partial charge is 0.634 e. The van der Waals surface area contributed by atoms with Gasteiger partial charge in [-0.05, 0) is 48.0 Å². The average Bonchev–Trinajstić information content (AvgIpc) is 2.24. The van der Waals surface area contributed by atoms with Crippen LogP contribution in [-0.4, -0.2) is 23.2 Å². The maximum atomic E-state index is 12.3. The molecule has 0 bridgehead atoms. The van der Waals surface area contributed by atoms with Gasteiger partial charge in [0, 0.05) is 12.8 Å². The van der Waals surface area contributed by atoms with Crippen LogP contribution in [0.3, 0.4) is 0 Å². The summed E-state index contributed by atoms with van der Waals surface area (Å²) in [6.45, 7) is 13.6. The number of piperidine rings is 1. The summed E-state index contributed by atoms with van der Waals surface area (Å²) in [5.41, 5.74) is -1.28. The first-order valence-corrected chi connectivity index (χ1v) is 7.18. The van der Waals surface area contributed by atoms with Crippen LogP contribution in [0.4, 0.5) is 0 Å². The number of ether oxygens (including phenoxy) is 1. The van der Waals surface area contributed by atoms with E-state index in [1.807, 2.05) is 48.5 Å². The molecule has 0 spiro atoms. The number of esters is 1. The molecular weight excluding hydrogens is 242 g/mol. The molecule has 4 heteroatoms. The van der Waals surface area contributed by atoms with Crippen LogP contribution in [0.2, 0.25) is 0 Å². The summed E-state index contributed by atoms with van der Waals surface area (Å²) in [4.78, 5) is 12.2. The highest BCUT2D eigenvalue weighted by Crippen LogP contribution is 2.29. The van der Waals surface area contributed by atoms with E-state index >= 15 is 0 Å². The van der Waals surface area contributed by atoms with Crippen molar-refractivity contribution in [2.24, 2.45) is 5.41 Å². The fourth-order valence-corrected chi connectivity index (χ4v) is 2.85. The molecule has 0 aromatic rings. The minimum Gasteiger partial charge on any atom is -0.634 e. The summed E-state index contributed by atoms with van der Waals surface area (Å²) in [6, 6.07) is 0. The highest BCUT2D eigenvalue weighted by atomic mass is 16.5. The van der Waals surface area contributed by atoms with Crippen LogP contribution in [-0.2, 0) is 9.53 Å². The molecule has 19 heavy (non-hydrogen) atoms. The lowest BCUT2D eigenvalue weighted by molar-refractivity contribution is -0.956. The first-order chi connectivity index (χ1) is 8.42. The van der Waals surface area contributed by atoms with Crippen molar-refractivity contribution in [3.8, 4) is 0 Å². The van der Waals surface area contributed by atoms with Gasteiger partial charge in [0.25, 0.3) is 0 Å². The molecule has 0 aromatic heterocycles. The van der Waals surface area contributed by atoms with Gasteiger partial charge in [0.05, 0.1) is 16.5 Å². The van der Waals surface area contributed by atoms with E-state index in [-0.39, 0.29) is 17.1 Å². The van der Waals surface area contributed by atoms with E-state index in [4.69, 9.17) is 4.74 Å². The van der Waals surface area contributed by atoms with E-state index in [1.165, 1.54) is 0 Å². The Morgan fingerprint density at radius 2 is 1.68 bits per heavy atom. The average molecular weight is 271 g/mol. The third-order valence-corrected chi connectivity index (χ3v) is 4.42. The van der Waals surface area contributed by atoms with Gasteiger partial charge in [-0.2, -0.15) is 0 Å². The molecule has 0 aromatic carbocycles. The molecule has 4 nitrogen and oxygen atoms in total. The molecule has 1 heterocycles. The summed E-state index contributed by atoms with van der Waals surface area (Å²) < 4.78 is 5.68. The van der Waals surface area contributed by atoms with E-state index < -0.39 is 16.5 Å². The highest BCUT2D eigenvalue weighted by molar-refractivity contribution is 5.76. The van der Waals surface area contributed by atoms with Crippen LogP contribution in [0.15, 0.2) is 0 Å². The lowest BCUT2D eigenvalue weighted by atomic mass is 9.80. The van der Waals surface area contributed by atoms with Gasteiger partial charge in [-0.3, -0.25) is 4.79 Å². The molecule has 0 aliphatic carbocycles. The topological polar surface area (TPSA) is 53.8 Å². The molecule has 112 valence electrons. The quantitative estimate of drug-likeness (QED) is 0.631. The Balaban J connectivity index is 2.79. The molecule has 1 N–H and O–H groups in total. The molecule has 1 fully saturated rings. The molecule has 0 saturated carbocycles.